The van der Waals surface area contributed by atoms with E-state index in [0.29, 0.717) is 0 Å². The second-order valence-corrected chi connectivity index (χ2v) is 3.65. The fourth-order valence-electron chi connectivity index (χ4n) is 0.650. The third-order valence-corrected chi connectivity index (χ3v) is 1.06. The number of rotatable bonds is 3. The van der Waals surface area contributed by atoms with E-state index in [1.807, 2.05) is 0 Å². The maximum atomic E-state index is 11.0. The number of ether oxygens (including phenoxy) is 1. The van der Waals surface area contributed by atoms with Crippen LogP contribution in [0.2, 0.25) is 0 Å². The lowest BCUT2D eigenvalue weighted by Gasteiger charge is -2.19. The molecule has 0 saturated carbocycles. The molecule has 0 aliphatic heterocycles. The molecular weight excluding hydrogens is 186 g/mol. The molecule has 0 aliphatic carbocycles. The molecule has 0 bridgehead atoms. The van der Waals surface area contributed by atoms with Gasteiger partial charge < -0.3 is 10.1 Å². The van der Waals surface area contributed by atoms with E-state index < -0.39 is 11.7 Å². The Hall–Kier alpha value is -1.30. The van der Waals surface area contributed by atoms with E-state index in [-0.39, 0.29) is 12.5 Å². The first kappa shape index (κ1) is 12.7. The van der Waals surface area contributed by atoms with Crippen LogP contribution in [-0.4, -0.2) is 31.2 Å². The fraction of sp³-hybridized carbons (Fsp3) is 0.750. The minimum atomic E-state index is -0.608. The molecular formula is C8H17N3O3. The summed E-state index contributed by atoms with van der Waals surface area (Å²) in [5.41, 5.74) is 4.20. The van der Waals surface area contributed by atoms with Gasteiger partial charge in [0.05, 0.1) is 0 Å². The Morgan fingerprint density at radius 2 is 1.86 bits per heavy atom. The lowest BCUT2D eigenvalue weighted by atomic mass is 10.2. The topological polar surface area (TPSA) is 79.5 Å². The smallest absolute Gasteiger partial charge is 0.408 e. The van der Waals surface area contributed by atoms with Gasteiger partial charge in [-0.05, 0) is 20.8 Å². The van der Waals surface area contributed by atoms with Crippen molar-refractivity contribution in [2.75, 3.05) is 13.6 Å². The van der Waals surface area contributed by atoms with Crippen LogP contribution in [0, 0.1) is 0 Å². The van der Waals surface area contributed by atoms with Crippen molar-refractivity contribution in [3.63, 3.8) is 0 Å². The Balaban J connectivity index is 3.70. The third kappa shape index (κ3) is 7.35. The molecule has 0 rings (SSSR count). The van der Waals surface area contributed by atoms with Crippen LogP contribution in [0.5, 0.6) is 0 Å². The second-order valence-electron chi connectivity index (χ2n) is 3.65. The molecule has 0 aliphatic rings. The van der Waals surface area contributed by atoms with Gasteiger partial charge in [-0.25, -0.2) is 10.2 Å². The minimum Gasteiger partial charge on any atom is -0.444 e. The normalized spacial score (nSPS) is 10.6. The number of amides is 2. The molecule has 0 aromatic carbocycles. The van der Waals surface area contributed by atoms with Crippen LogP contribution in [0.25, 0.3) is 0 Å². The molecule has 0 aromatic heterocycles. The van der Waals surface area contributed by atoms with Crippen LogP contribution in [0.1, 0.15) is 20.8 Å². The monoisotopic (exact) mass is 203 g/mol. The van der Waals surface area contributed by atoms with E-state index in [1.54, 1.807) is 27.8 Å². The number of hydrogen-bond donors (Lipinski definition) is 3. The number of carbonyl (C=O) groups excluding carboxylic acids is 2. The van der Waals surface area contributed by atoms with E-state index in [4.69, 9.17) is 4.74 Å². The highest BCUT2D eigenvalue weighted by molar-refractivity contribution is 5.81. The van der Waals surface area contributed by atoms with Crippen LogP contribution in [0.4, 0.5) is 4.79 Å². The summed E-state index contributed by atoms with van der Waals surface area (Å²) in [6.45, 7) is 5.14. The fourth-order valence-corrected chi connectivity index (χ4v) is 0.650. The van der Waals surface area contributed by atoms with Crippen LogP contribution in [0.3, 0.4) is 0 Å². The first-order chi connectivity index (χ1) is 6.35. The highest BCUT2D eigenvalue weighted by Crippen LogP contribution is 2.05. The van der Waals surface area contributed by atoms with Crippen LogP contribution in [-0.2, 0) is 9.53 Å². The van der Waals surface area contributed by atoms with Crippen molar-refractivity contribution in [2.45, 2.75) is 26.4 Å². The van der Waals surface area contributed by atoms with Crippen molar-refractivity contribution in [1.82, 2.24) is 16.2 Å². The third-order valence-electron chi connectivity index (χ3n) is 1.06. The molecule has 2 amide bonds. The SMILES string of the molecule is CNNC(=O)CNC(=O)OC(C)(C)C. The van der Waals surface area contributed by atoms with Gasteiger partial charge in [-0.15, -0.1) is 0 Å². The van der Waals surface area contributed by atoms with Gasteiger partial charge in [-0.3, -0.25) is 10.2 Å². The Bertz CT molecular complexity index is 210. The van der Waals surface area contributed by atoms with Gasteiger partial charge >= 0.3 is 6.09 Å². The highest BCUT2D eigenvalue weighted by Gasteiger charge is 2.16. The van der Waals surface area contributed by atoms with E-state index in [2.05, 4.69) is 16.2 Å². The minimum absolute atomic E-state index is 0.115. The lowest BCUT2D eigenvalue weighted by molar-refractivity contribution is -0.121. The average Bonchev–Trinajstić information content (AvgIpc) is 1.98. The Morgan fingerprint density at radius 1 is 1.29 bits per heavy atom. The quantitative estimate of drug-likeness (QED) is 0.553. The zero-order chi connectivity index (χ0) is 11.2. The van der Waals surface area contributed by atoms with E-state index in [1.165, 1.54) is 0 Å². The van der Waals surface area contributed by atoms with Gasteiger partial charge in [-0.2, -0.15) is 0 Å². The molecule has 6 heteroatoms. The second kappa shape index (κ2) is 5.43. The van der Waals surface area contributed by atoms with Crippen molar-refractivity contribution in [2.24, 2.45) is 0 Å². The highest BCUT2D eigenvalue weighted by atomic mass is 16.6. The Kier molecular flexibility index (Phi) is 4.93. The van der Waals surface area contributed by atoms with Gasteiger partial charge in [0.25, 0.3) is 5.91 Å². The molecule has 0 heterocycles. The predicted molar refractivity (Wildman–Crippen MR) is 51.4 cm³/mol. The zero-order valence-electron chi connectivity index (χ0n) is 8.93. The molecule has 0 fully saturated rings. The van der Waals surface area contributed by atoms with Gasteiger partial charge in [0.15, 0.2) is 0 Å². The summed E-state index contributed by atoms with van der Waals surface area (Å²) >= 11 is 0. The Labute approximate surface area is 83.4 Å². The van der Waals surface area contributed by atoms with E-state index in [0.717, 1.165) is 0 Å². The molecule has 0 aromatic rings. The summed E-state index contributed by atoms with van der Waals surface area (Å²) in [6, 6.07) is 0. The van der Waals surface area contributed by atoms with Crippen molar-refractivity contribution < 1.29 is 14.3 Å². The van der Waals surface area contributed by atoms with Crippen molar-refractivity contribution >= 4 is 12.0 Å². The van der Waals surface area contributed by atoms with Crippen LogP contribution < -0.4 is 16.2 Å². The number of nitrogens with one attached hydrogen (secondary N) is 3. The largest absolute Gasteiger partial charge is 0.444 e. The van der Waals surface area contributed by atoms with Crippen molar-refractivity contribution in [1.29, 1.82) is 0 Å². The number of carbonyl (C=O) groups is 2. The molecule has 0 radical (unpaired) electrons. The molecule has 0 saturated heterocycles. The maximum absolute atomic E-state index is 11.0. The maximum Gasteiger partial charge on any atom is 0.408 e. The van der Waals surface area contributed by atoms with E-state index in [9.17, 15) is 9.59 Å². The Morgan fingerprint density at radius 3 is 2.29 bits per heavy atom. The van der Waals surface area contributed by atoms with Crippen LogP contribution in [0.15, 0.2) is 0 Å². The standard InChI is InChI=1S/C8H17N3O3/c1-8(2,3)14-7(13)10-5-6(12)11-9-4/h9H,5H2,1-4H3,(H,10,13)(H,11,12). The molecule has 3 N–H and O–H groups in total. The first-order valence-corrected chi connectivity index (χ1v) is 4.27. The first-order valence-electron chi connectivity index (χ1n) is 4.27. The summed E-state index contributed by atoms with van der Waals surface area (Å²) in [4.78, 5) is 21.9. The van der Waals surface area contributed by atoms with Crippen molar-refractivity contribution in [3.05, 3.63) is 0 Å². The van der Waals surface area contributed by atoms with Gasteiger partial charge in [0.2, 0.25) is 0 Å². The molecule has 0 atom stereocenters. The number of alkyl carbamates (subject to hydrolysis) is 1. The summed E-state index contributed by atoms with van der Waals surface area (Å²) in [7, 11) is 1.56. The summed E-state index contributed by atoms with van der Waals surface area (Å²) in [6.07, 6.45) is -0.608. The summed E-state index contributed by atoms with van der Waals surface area (Å²) in [5, 5.41) is 2.31. The van der Waals surface area contributed by atoms with Gasteiger partial charge in [-0.1, -0.05) is 0 Å². The molecule has 0 spiro atoms. The average molecular weight is 203 g/mol. The zero-order valence-corrected chi connectivity index (χ0v) is 8.93. The molecule has 82 valence electrons. The molecule has 6 nitrogen and oxygen atoms in total. The predicted octanol–water partition coefficient (Wildman–Crippen LogP) is -0.238. The van der Waals surface area contributed by atoms with Gasteiger partial charge in [0.1, 0.15) is 12.1 Å². The molecule has 0 unspecified atom stereocenters. The van der Waals surface area contributed by atoms with Gasteiger partial charge in [0, 0.05) is 7.05 Å². The summed E-state index contributed by atoms with van der Waals surface area (Å²) in [5.74, 6) is -0.335. The lowest BCUT2D eigenvalue weighted by Crippen LogP contribution is -2.43. The number of hydrogen-bond acceptors (Lipinski definition) is 4. The number of hydrazine groups is 1. The molecule has 14 heavy (non-hydrogen) atoms. The van der Waals surface area contributed by atoms with E-state index >= 15 is 0 Å². The van der Waals surface area contributed by atoms with Crippen LogP contribution >= 0.6 is 0 Å². The summed E-state index contributed by atoms with van der Waals surface area (Å²) < 4.78 is 4.92. The van der Waals surface area contributed by atoms with Crippen molar-refractivity contribution in [3.8, 4) is 0 Å².